The first-order chi connectivity index (χ1) is 16.0. The average molecular weight is 457 g/mol. The number of ether oxygens (including phenoxy) is 1. The molecule has 0 spiro atoms. The van der Waals surface area contributed by atoms with Crippen LogP contribution in [0.3, 0.4) is 0 Å². The Morgan fingerprint density at radius 3 is 2.42 bits per heavy atom. The average Bonchev–Trinajstić information content (AvgIpc) is 3.37. The Labute approximate surface area is 194 Å². The van der Waals surface area contributed by atoms with Crippen LogP contribution in [0, 0.1) is 6.92 Å². The smallest absolute Gasteiger partial charge is 0.301 e. The fourth-order valence-corrected chi connectivity index (χ4v) is 5.04. The van der Waals surface area contributed by atoms with Crippen LogP contribution in [0.25, 0.3) is 16.0 Å². The molecule has 164 valence electrons. The number of carbonyl (C=O) groups is 2. The molecule has 4 aromatic rings. The first kappa shape index (κ1) is 20.9. The molecule has 1 N–H and O–H groups in total. The molecule has 0 bridgehead atoms. The van der Waals surface area contributed by atoms with Crippen LogP contribution in [0.1, 0.15) is 22.7 Å². The SMILES string of the molecule is COc1ccccc1[C@H]1C(=C(O)c2ccc(C)cc2)C(=O)C(=O)N1c1nc2ccccc2s1. The lowest BCUT2D eigenvalue weighted by Crippen LogP contribution is -2.29. The summed E-state index contributed by atoms with van der Waals surface area (Å²) in [4.78, 5) is 32.6. The molecule has 1 atom stereocenters. The topological polar surface area (TPSA) is 79.7 Å². The molecule has 3 aromatic carbocycles. The van der Waals surface area contributed by atoms with E-state index < -0.39 is 17.7 Å². The second kappa shape index (κ2) is 8.18. The maximum absolute atomic E-state index is 13.3. The lowest BCUT2D eigenvalue weighted by atomic mass is 9.94. The molecule has 6 nitrogen and oxygen atoms in total. The van der Waals surface area contributed by atoms with Gasteiger partial charge in [-0.05, 0) is 25.1 Å². The van der Waals surface area contributed by atoms with Crippen molar-refractivity contribution in [3.8, 4) is 5.75 Å². The van der Waals surface area contributed by atoms with Crippen LogP contribution in [-0.2, 0) is 9.59 Å². The number of ketones is 1. The molecule has 33 heavy (non-hydrogen) atoms. The zero-order valence-electron chi connectivity index (χ0n) is 18.0. The number of anilines is 1. The number of carbonyl (C=O) groups excluding carboxylic acids is 2. The van der Waals surface area contributed by atoms with Gasteiger partial charge in [0.1, 0.15) is 17.6 Å². The minimum absolute atomic E-state index is 0.00705. The van der Waals surface area contributed by atoms with Gasteiger partial charge in [0.05, 0.1) is 22.9 Å². The van der Waals surface area contributed by atoms with Gasteiger partial charge in [-0.25, -0.2) is 4.98 Å². The number of thiazole rings is 1. The highest BCUT2D eigenvalue weighted by molar-refractivity contribution is 7.22. The van der Waals surface area contributed by atoms with Crippen molar-refractivity contribution in [1.82, 2.24) is 4.98 Å². The van der Waals surface area contributed by atoms with Crippen molar-refractivity contribution in [3.05, 3.63) is 95.1 Å². The molecule has 1 amide bonds. The van der Waals surface area contributed by atoms with Crippen LogP contribution in [0.2, 0.25) is 0 Å². The van der Waals surface area contributed by atoms with E-state index in [2.05, 4.69) is 4.98 Å². The molecular weight excluding hydrogens is 436 g/mol. The molecule has 1 fully saturated rings. The number of nitrogens with zero attached hydrogens (tertiary/aromatic N) is 2. The first-order valence-electron chi connectivity index (χ1n) is 10.4. The minimum atomic E-state index is -0.886. The lowest BCUT2D eigenvalue weighted by Gasteiger charge is -2.24. The van der Waals surface area contributed by atoms with Crippen LogP contribution < -0.4 is 9.64 Å². The van der Waals surface area contributed by atoms with Crippen LogP contribution in [0.5, 0.6) is 5.75 Å². The Bertz CT molecular complexity index is 1390. The number of methoxy groups -OCH3 is 1. The van der Waals surface area contributed by atoms with Gasteiger partial charge >= 0.3 is 5.91 Å². The molecule has 5 rings (SSSR count). The number of aromatic nitrogens is 1. The molecule has 0 radical (unpaired) electrons. The van der Waals surface area contributed by atoms with E-state index in [-0.39, 0.29) is 11.3 Å². The zero-order valence-corrected chi connectivity index (χ0v) is 18.8. The Morgan fingerprint density at radius 1 is 1.00 bits per heavy atom. The van der Waals surface area contributed by atoms with Gasteiger partial charge in [-0.2, -0.15) is 0 Å². The van der Waals surface area contributed by atoms with E-state index in [0.717, 1.165) is 15.8 Å². The number of aliphatic hydroxyl groups is 1. The summed E-state index contributed by atoms with van der Waals surface area (Å²) in [6.45, 7) is 1.94. The zero-order chi connectivity index (χ0) is 23.1. The predicted octanol–water partition coefficient (Wildman–Crippen LogP) is 5.24. The Morgan fingerprint density at radius 2 is 1.70 bits per heavy atom. The highest BCUT2D eigenvalue weighted by Crippen LogP contribution is 2.46. The molecule has 0 saturated carbocycles. The van der Waals surface area contributed by atoms with E-state index in [1.807, 2.05) is 55.5 Å². The fourth-order valence-electron chi connectivity index (χ4n) is 4.05. The summed E-state index contributed by atoms with van der Waals surface area (Å²) in [5.74, 6) is -1.22. The van der Waals surface area contributed by atoms with Crippen molar-refractivity contribution in [3.63, 3.8) is 0 Å². The standard InChI is InChI=1S/C26H20N2O4S/c1-15-11-13-16(14-12-15)23(29)21-22(17-7-3-5-9-19(17)32-2)28(25(31)24(21)30)26-27-18-8-4-6-10-20(18)33-26/h3-14,22,29H,1-2H3/t22-/m0/s1. The number of para-hydroxylation sites is 2. The van der Waals surface area contributed by atoms with Gasteiger partial charge in [-0.3, -0.25) is 14.5 Å². The molecule has 0 aliphatic carbocycles. The number of fused-ring (bicyclic) bond motifs is 1. The third-order valence-corrected chi connectivity index (χ3v) is 6.73. The fraction of sp³-hybridized carbons (Fsp3) is 0.115. The quantitative estimate of drug-likeness (QED) is 0.258. The first-order valence-corrected chi connectivity index (χ1v) is 11.2. The predicted molar refractivity (Wildman–Crippen MR) is 129 cm³/mol. The second-order valence-electron chi connectivity index (χ2n) is 7.74. The Balaban J connectivity index is 1.76. The summed E-state index contributed by atoms with van der Waals surface area (Å²) in [7, 11) is 1.53. The molecule has 1 aliphatic heterocycles. The molecule has 1 saturated heterocycles. The third kappa shape index (κ3) is 3.47. The van der Waals surface area contributed by atoms with E-state index in [0.29, 0.717) is 22.0 Å². The number of rotatable bonds is 4. The van der Waals surface area contributed by atoms with Crippen molar-refractivity contribution in [2.24, 2.45) is 0 Å². The van der Waals surface area contributed by atoms with Crippen molar-refractivity contribution in [2.45, 2.75) is 13.0 Å². The Kier molecular flexibility index (Phi) is 5.18. The van der Waals surface area contributed by atoms with Gasteiger partial charge < -0.3 is 9.84 Å². The maximum atomic E-state index is 13.3. The number of aryl methyl sites for hydroxylation is 1. The molecule has 0 unspecified atom stereocenters. The molecule has 1 aromatic heterocycles. The summed E-state index contributed by atoms with van der Waals surface area (Å²) in [6, 6.07) is 21.0. The van der Waals surface area contributed by atoms with Gasteiger partial charge in [0, 0.05) is 11.1 Å². The van der Waals surface area contributed by atoms with E-state index >= 15 is 0 Å². The van der Waals surface area contributed by atoms with Crippen molar-refractivity contribution in [2.75, 3.05) is 12.0 Å². The van der Waals surface area contributed by atoms with Gasteiger partial charge in [0.15, 0.2) is 5.13 Å². The van der Waals surface area contributed by atoms with Crippen molar-refractivity contribution >= 4 is 44.1 Å². The van der Waals surface area contributed by atoms with Crippen LogP contribution >= 0.6 is 11.3 Å². The van der Waals surface area contributed by atoms with Gasteiger partial charge in [-0.15, -0.1) is 0 Å². The third-order valence-electron chi connectivity index (χ3n) is 5.69. The number of aliphatic hydroxyl groups excluding tert-OH is 1. The van der Waals surface area contributed by atoms with E-state index in [1.165, 1.54) is 23.3 Å². The van der Waals surface area contributed by atoms with Gasteiger partial charge in [0.2, 0.25) is 0 Å². The summed E-state index contributed by atoms with van der Waals surface area (Å²) in [5.41, 5.74) is 2.81. The van der Waals surface area contributed by atoms with Crippen LogP contribution in [0.15, 0.2) is 78.4 Å². The molecular formula is C26H20N2O4S. The Hall–Kier alpha value is -3.97. The summed E-state index contributed by atoms with van der Waals surface area (Å²) in [6.07, 6.45) is 0. The summed E-state index contributed by atoms with van der Waals surface area (Å²) >= 11 is 1.32. The molecule has 2 heterocycles. The van der Waals surface area contributed by atoms with Crippen LogP contribution in [-0.4, -0.2) is 28.9 Å². The highest BCUT2D eigenvalue weighted by Gasteiger charge is 2.49. The normalized spacial score (nSPS) is 17.6. The number of benzene rings is 3. The van der Waals surface area contributed by atoms with Crippen molar-refractivity contribution < 1.29 is 19.4 Å². The number of Topliss-reactive ketones (excluding diaryl/α,β-unsaturated/α-hetero) is 1. The minimum Gasteiger partial charge on any atom is -0.507 e. The van der Waals surface area contributed by atoms with E-state index in [9.17, 15) is 14.7 Å². The number of amides is 1. The largest absolute Gasteiger partial charge is 0.507 e. The lowest BCUT2D eigenvalue weighted by molar-refractivity contribution is -0.132. The monoisotopic (exact) mass is 456 g/mol. The maximum Gasteiger partial charge on any atom is 0.301 e. The van der Waals surface area contributed by atoms with E-state index in [4.69, 9.17) is 4.74 Å². The van der Waals surface area contributed by atoms with Gasteiger partial charge in [-0.1, -0.05) is 71.5 Å². The molecule has 7 heteroatoms. The van der Waals surface area contributed by atoms with E-state index in [1.54, 1.807) is 24.3 Å². The van der Waals surface area contributed by atoms with Gasteiger partial charge in [0.25, 0.3) is 5.78 Å². The summed E-state index contributed by atoms with van der Waals surface area (Å²) < 4.78 is 6.45. The highest BCUT2D eigenvalue weighted by atomic mass is 32.1. The van der Waals surface area contributed by atoms with Crippen molar-refractivity contribution in [1.29, 1.82) is 0 Å². The molecule has 1 aliphatic rings. The van der Waals surface area contributed by atoms with Crippen LogP contribution in [0.4, 0.5) is 5.13 Å². The number of hydrogen-bond donors (Lipinski definition) is 1. The second-order valence-corrected chi connectivity index (χ2v) is 8.75. The summed E-state index contributed by atoms with van der Waals surface area (Å²) in [5, 5.41) is 11.6. The number of hydrogen-bond acceptors (Lipinski definition) is 6.